The quantitative estimate of drug-likeness (QED) is 0.777. The van der Waals surface area contributed by atoms with E-state index in [4.69, 9.17) is 39.5 Å². The fraction of sp³-hybridized carbons (Fsp3) is 0.111. The lowest BCUT2D eigenvalue weighted by molar-refractivity contribution is 0.360. The first-order valence-corrected chi connectivity index (χ1v) is 4.82. The molecule has 0 aromatic heterocycles. The number of hydrogen-bond acceptors (Lipinski definition) is 1. The summed E-state index contributed by atoms with van der Waals surface area (Å²) in [5.41, 5.74) is 0. The maximum absolute atomic E-state index is 12.1. The predicted molar refractivity (Wildman–Crippen MR) is 57.0 cm³/mol. The maximum Gasteiger partial charge on any atom is 0.188 e. The molecule has 0 atom stereocenters. The summed E-state index contributed by atoms with van der Waals surface area (Å²) in [6.45, 7) is 0.00932. The van der Waals surface area contributed by atoms with Gasteiger partial charge in [0, 0.05) is 6.08 Å². The largest absolute Gasteiger partial charge is 0.488 e. The Morgan fingerprint density at radius 3 is 2.79 bits per heavy atom. The topological polar surface area (TPSA) is 9.23 Å². The molecule has 14 heavy (non-hydrogen) atoms. The molecule has 5 heteroatoms. The third-order valence-corrected chi connectivity index (χ3v) is 2.35. The van der Waals surface area contributed by atoms with Crippen molar-refractivity contribution in [2.75, 3.05) is 6.61 Å². The molecule has 76 valence electrons. The predicted octanol–water partition coefficient (Wildman–Crippen LogP) is 4.42. The summed E-state index contributed by atoms with van der Waals surface area (Å²) in [4.78, 5) is 0. The summed E-state index contributed by atoms with van der Waals surface area (Å²) >= 11 is 16.5. The van der Waals surface area contributed by atoms with Crippen LogP contribution in [0.3, 0.4) is 0 Å². The van der Waals surface area contributed by atoms with Gasteiger partial charge in [0.25, 0.3) is 0 Å². The normalized spacial score (nSPS) is 11.6. The molecule has 0 heterocycles. The highest BCUT2D eigenvalue weighted by atomic mass is 35.5. The molecule has 0 saturated heterocycles. The number of benzene rings is 1. The minimum absolute atomic E-state index is 0.00932. The number of ether oxygens (including phenoxy) is 1. The van der Waals surface area contributed by atoms with E-state index in [1.807, 2.05) is 0 Å². The van der Waals surface area contributed by atoms with Crippen LogP contribution in [0.5, 0.6) is 5.75 Å². The second kappa shape index (κ2) is 5.44. The molecular weight excluding hydrogens is 249 g/mol. The van der Waals surface area contributed by atoms with Crippen molar-refractivity contribution in [1.29, 1.82) is 0 Å². The molecule has 1 nitrogen and oxygen atoms in total. The van der Waals surface area contributed by atoms with Gasteiger partial charge in [-0.1, -0.05) is 40.9 Å². The molecule has 0 saturated carbocycles. The number of halogens is 4. The summed E-state index contributed by atoms with van der Waals surface area (Å²) in [5.74, 6) is 0.397. The first-order chi connectivity index (χ1) is 6.61. The van der Waals surface area contributed by atoms with Crippen LogP contribution in [0.15, 0.2) is 29.6 Å². The summed E-state index contributed by atoms with van der Waals surface area (Å²) in [6.07, 6.45) is 1.08. The molecule has 0 aliphatic carbocycles. The molecule has 0 radical (unpaired) electrons. The SMILES string of the molecule is FC(Cl)=CCOc1cccc(Cl)c1Cl. The maximum atomic E-state index is 12.1. The average molecular weight is 256 g/mol. The van der Waals surface area contributed by atoms with Crippen LogP contribution in [0.25, 0.3) is 0 Å². The van der Waals surface area contributed by atoms with Gasteiger partial charge in [0.2, 0.25) is 0 Å². The Balaban J connectivity index is 2.68. The molecule has 0 N–H and O–H groups in total. The molecule has 0 bridgehead atoms. The Hall–Kier alpha value is -0.440. The zero-order valence-electron chi connectivity index (χ0n) is 6.94. The van der Waals surface area contributed by atoms with Crippen molar-refractivity contribution in [3.05, 3.63) is 39.6 Å². The van der Waals surface area contributed by atoms with Gasteiger partial charge < -0.3 is 4.74 Å². The van der Waals surface area contributed by atoms with Gasteiger partial charge in [0.1, 0.15) is 17.4 Å². The first-order valence-electron chi connectivity index (χ1n) is 3.69. The molecule has 0 unspecified atom stereocenters. The molecule has 0 fully saturated rings. The van der Waals surface area contributed by atoms with Crippen molar-refractivity contribution < 1.29 is 9.13 Å². The van der Waals surface area contributed by atoms with Crippen molar-refractivity contribution in [3.8, 4) is 5.75 Å². The molecule has 0 aliphatic rings. The van der Waals surface area contributed by atoms with E-state index in [1.54, 1.807) is 18.2 Å². The molecular formula is C9H6Cl3FO. The summed E-state index contributed by atoms with van der Waals surface area (Å²) < 4.78 is 17.2. The zero-order chi connectivity index (χ0) is 10.6. The molecule has 1 aromatic carbocycles. The Morgan fingerprint density at radius 1 is 1.43 bits per heavy atom. The monoisotopic (exact) mass is 254 g/mol. The van der Waals surface area contributed by atoms with E-state index in [1.165, 1.54) is 0 Å². The lowest BCUT2D eigenvalue weighted by atomic mass is 10.3. The van der Waals surface area contributed by atoms with Crippen LogP contribution in [-0.4, -0.2) is 6.61 Å². The smallest absolute Gasteiger partial charge is 0.188 e. The zero-order valence-corrected chi connectivity index (χ0v) is 9.20. The highest BCUT2D eigenvalue weighted by molar-refractivity contribution is 6.42. The molecule has 1 rings (SSSR count). The third kappa shape index (κ3) is 3.37. The molecule has 1 aromatic rings. The second-order valence-electron chi connectivity index (χ2n) is 2.36. The first kappa shape index (κ1) is 11.6. The fourth-order valence-corrected chi connectivity index (χ4v) is 1.20. The highest BCUT2D eigenvalue weighted by Crippen LogP contribution is 2.31. The van der Waals surface area contributed by atoms with Crippen molar-refractivity contribution in [2.24, 2.45) is 0 Å². The number of hydrogen-bond donors (Lipinski definition) is 0. The van der Waals surface area contributed by atoms with Crippen molar-refractivity contribution in [2.45, 2.75) is 0 Å². The van der Waals surface area contributed by atoms with E-state index in [-0.39, 0.29) is 6.61 Å². The highest BCUT2D eigenvalue weighted by Gasteiger charge is 2.04. The van der Waals surface area contributed by atoms with E-state index < -0.39 is 5.29 Å². The van der Waals surface area contributed by atoms with Gasteiger partial charge in [-0.25, -0.2) is 0 Å². The van der Waals surface area contributed by atoms with Crippen molar-refractivity contribution in [3.63, 3.8) is 0 Å². The van der Waals surface area contributed by atoms with Gasteiger partial charge in [-0.3, -0.25) is 0 Å². The van der Waals surface area contributed by atoms with E-state index in [0.717, 1.165) is 6.08 Å². The van der Waals surface area contributed by atoms with Crippen LogP contribution >= 0.6 is 34.8 Å². The Morgan fingerprint density at radius 2 is 2.14 bits per heavy atom. The average Bonchev–Trinajstić information content (AvgIpc) is 2.12. The standard InChI is InChI=1S/C9H6Cl3FO/c10-6-2-1-3-7(9(6)12)14-5-4-8(11)13/h1-4H,5H2. The molecule has 0 aliphatic heterocycles. The van der Waals surface area contributed by atoms with Crippen molar-refractivity contribution in [1.82, 2.24) is 0 Å². The Labute approximate surface area is 96.0 Å². The van der Waals surface area contributed by atoms with Crippen LogP contribution in [0.4, 0.5) is 4.39 Å². The lowest BCUT2D eigenvalue weighted by Crippen LogP contribution is -1.94. The summed E-state index contributed by atoms with van der Waals surface area (Å²) in [7, 11) is 0. The second-order valence-corrected chi connectivity index (χ2v) is 3.50. The molecule has 0 spiro atoms. The van der Waals surface area contributed by atoms with Gasteiger partial charge >= 0.3 is 0 Å². The van der Waals surface area contributed by atoms with E-state index >= 15 is 0 Å². The van der Waals surface area contributed by atoms with Gasteiger partial charge in [0.05, 0.1) is 5.02 Å². The van der Waals surface area contributed by atoms with Crippen LogP contribution < -0.4 is 4.74 Å². The van der Waals surface area contributed by atoms with Gasteiger partial charge in [-0.05, 0) is 12.1 Å². The van der Waals surface area contributed by atoms with E-state index in [0.29, 0.717) is 15.8 Å². The lowest BCUT2D eigenvalue weighted by Gasteiger charge is -2.05. The summed E-state index contributed by atoms with van der Waals surface area (Å²) in [5, 5.41) is -0.125. The van der Waals surface area contributed by atoms with Crippen LogP contribution in [0, 0.1) is 0 Å². The minimum atomic E-state index is -0.817. The van der Waals surface area contributed by atoms with Gasteiger partial charge in [-0.2, -0.15) is 4.39 Å². The van der Waals surface area contributed by atoms with Crippen LogP contribution in [0.1, 0.15) is 0 Å². The Bertz CT molecular complexity index is 348. The Kier molecular flexibility index (Phi) is 4.52. The van der Waals surface area contributed by atoms with E-state index in [2.05, 4.69) is 0 Å². The van der Waals surface area contributed by atoms with Crippen molar-refractivity contribution >= 4 is 34.8 Å². The van der Waals surface area contributed by atoms with Gasteiger partial charge in [0.15, 0.2) is 5.29 Å². The minimum Gasteiger partial charge on any atom is -0.488 e. The van der Waals surface area contributed by atoms with Crippen LogP contribution in [0.2, 0.25) is 10.0 Å². The molecule has 0 amide bonds. The third-order valence-electron chi connectivity index (χ3n) is 1.39. The van der Waals surface area contributed by atoms with Gasteiger partial charge in [-0.15, -0.1) is 0 Å². The van der Waals surface area contributed by atoms with E-state index in [9.17, 15) is 4.39 Å². The summed E-state index contributed by atoms with van der Waals surface area (Å²) in [6, 6.07) is 4.95. The number of rotatable bonds is 3. The van der Waals surface area contributed by atoms with Crippen LogP contribution in [-0.2, 0) is 0 Å². The fourth-order valence-electron chi connectivity index (χ4n) is 0.790.